The molecular formula is C11H11NO2S2. The molecular weight excluding hydrogens is 242 g/mol. The first-order valence-corrected chi connectivity index (χ1v) is 6.56. The van der Waals surface area contributed by atoms with Crippen molar-refractivity contribution in [3.8, 4) is 0 Å². The van der Waals surface area contributed by atoms with Crippen LogP contribution in [0.1, 0.15) is 20.7 Å². The lowest BCUT2D eigenvalue weighted by Crippen LogP contribution is -2.27. The topological polar surface area (TPSA) is 49.3 Å². The molecule has 2 N–H and O–H groups in total. The van der Waals surface area contributed by atoms with Gasteiger partial charge in [0, 0.05) is 11.4 Å². The van der Waals surface area contributed by atoms with Crippen LogP contribution in [0.25, 0.3) is 0 Å². The predicted octanol–water partition coefficient (Wildman–Crippen LogP) is 2.27. The lowest BCUT2D eigenvalue weighted by molar-refractivity contribution is 0.0922. The second-order valence-corrected chi connectivity index (χ2v) is 5.15. The summed E-state index contributed by atoms with van der Waals surface area (Å²) in [5.41, 5.74) is 0. The summed E-state index contributed by atoms with van der Waals surface area (Å²) in [5, 5.41) is 16.2. The molecule has 5 heteroatoms. The summed E-state index contributed by atoms with van der Waals surface area (Å²) in [5.74, 6) is -0.134. The highest BCUT2D eigenvalue weighted by atomic mass is 32.1. The summed E-state index contributed by atoms with van der Waals surface area (Å²) in [6, 6.07) is 7.32. The van der Waals surface area contributed by atoms with Gasteiger partial charge in [-0.2, -0.15) is 0 Å². The molecule has 0 aliphatic heterocycles. The minimum atomic E-state index is -0.621. The molecule has 0 fully saturated rings. The maximum atomic E-state index is 11.6. The minimum Gasteiger partial charge on any atom is -0.386 e. The first kappa shape index (κ1) is 11.3. The van der Waals surface area contributed by atoms with E-state index in [9.17, 15) is 9.90 Å². The molecule has 2 rings (SSSR count). The van der Waals surface area contributed by atoms with E-state index in [1.165, 1.54) is 22.7 Å². The van der Waals surface area contributed by atoms with Crippen molar-refractivity contribution in [3.63, 3.8) is 0 Å². The average molecular weight is 253 g/mol. The molecule has 2 aromatic heterocycles. The number of aliphatic hydroxyl groups excluding tert-OH is 1. The van der Waals surface area contributed by atoms with Gasteiger partial charge in [-0.3, -0.25) is 4.79 Å². The molecule has 0 saturated heterocycles. The van der Waals surface area contributed by atoms with Crippen LogP contribution in [-0.4, -0.2) is 17.6 Å². The van der Waals surface area contributed by atoms with Crippen LogP contribution in [-0.2, 0) is 0 Å². The zero-order valence-corrected chi connectivity index (χ0v) is 10.1. The lowest BCUT2D eigenvalue weighted by Gasteiger charge is -2.09. The molecule has 84 valence electrons. The second kappa shape index (κ2) is 5.25. The van der Waals surface area contributed by atoms with E-state index >= 15 is 0 Å². The number of rotatable bonds is 4. The first-order chi connectivity index (χ1) is 7.77. The number of hydrogen-bond donors (Lipinski definition) is 2. The van der Waals surface area contributed by atoms with Gasteiger partial charge in [0.25, 0.3) is 5.91 Å². The SMILES string of the molecule is O=C(NC[C@H](O)c1cccs1)c1cccs1. The molecule has 0 spiro atoms. The molecule has 0 saturated carbocycles. The zero-order chi connectivity index (χ0) is 11.4. The Morgan fingerprint density at radius 3 is 2.69 bits per heavy atom. The van der Waals surface area contributed by atoms with Gasteiger partial charge in [-0.05, 0) is 22.9 Å². The number of thiophene rings is 2. The van der Waals surface area contributed by atoms with E-state index in [2.05, 4.69) is 5.32 Å². The van der Waals surface area contributed by atoms with Crippen molar-refractivity contribution < 1.29 is 9.90 Å². The van der Waals surface area contributed by atoms with Gasteiger partial charge in [0.1, 0.15) is 6.10 Å². The molecule has 1 amide bonds. The van der Waals surface area contributed by atoms with E-state index in [0.717, 1.165) is 4.88 Å². The zero-order valence-electron chi connectivity index (χ0n) is 8.42. The third-order valence-corrected chi connectivity index (χ3v) is 3.91. The molecule has 2 aromatic rings. The molecule has 0 aromatic carbocycles. The lowest BCUT2D eigenvalue weighted by atomic mass is 10.3. The van der Waals surface area contributed by atoms with E-state index in [1.807, 2.05) is 29.0 Å². The highest BCUT2D eigenvalue weighted by Crippen LogP contribution is 2.18. The van der Waals surface area contributed by atoms with Crippen LogP contribution in [0.3, 0.4) is 0 Å². The van der Waals surface area contributed by atoms with E-state index < -0.39 is 6.10 Å². The van der Waals surface area contributed by atoms with Crippen LogP contribution in [0, 0.1) is 0 Å². The number of aliphatic hydroxyl groups is 1. The van der Waals surface area contributed by atoms with Gasteiger partial charge in [0.05, 0.1) is 4.88 Å². The Hall–Kier alpha value is -1.17. The van der Waals surface area contributed by atoms with Gasteiger partial charge in [0.15, 0.2) is 0 Å². The summed E-state index contributed by atoms with van der Waals surface area (Å²) in [6.07, 6.45) is -0.621. The van der Waals surface area contributed by atoms with Crippen LogP contribution in [0.4, 0.5) is 0 Å². The Bertz CT molecular complexity index is 437. The third kappa shape index (κ3) is 2.69. The summed E-state index contributed by atoms with van der Waals surface area (Å²) in [7, 11) is 0. The summed E-state index contributed by atoms with van der Waals surface area (Å²) in [6.45, 7) is 0.247. The van der Waals surface area contributed by atoms with Gasteiger partial charge < -0.3 is 10.4 Å². The maximum absolute atomic E-state index is 11.6. The summed E-state index contributed by atoms with van der Waals surface area (Å²) >= 11 is 2.87. The van der Waals surface area contributed by atoms with Crippen LogP contribution in [0.2, 0.25) is 0 Å². The molecule has 0 aliphatic carbocycles. The van der Waals surface area contributed by atoms with Crippen LogP contribution >= 0.6 is 22.7 Å². The third-order valence-electron chi connectivity index (χ3n) is 2.07. The molecule has 0 aliphatic rings. The fraction of sp³-hybridized carbons (Fsp3) is 0.182. The van der Waals surface area contributed by atoms with E-state index in [-0.39, 0.29) is 12.5 Å². The fourth-order valence-corrected chi connectivity index (χ4v) is 2.62. The number of hydrogen-bond acceptors (Lipinski definition) is 4. The van der Waals surface area contributed by atoms with Gasteiger partial charge in [-0.1, -0.05) is 12.1 Å². The molecule has 2 heterocycles. The molecule has 3 nitrogen and oxygen atoms in total. The van der Waals surface area contributed by atoms with E-state index in [0.29, 0.717) is 4.88 Å². The summed E-state index contributed by atoms with van der Waals surface area (Å²) < 4.78 is 0. The highest BCUT2D eigenvalue weighted by molar-refractivity contribution is 7.12. The van der Waals surface area contributed by atoms with E-state index in [1.54, 1.807) is 6.07 Å². The Morgan fingerprint density at radius 1 is 1.31 bits per heavy atom. The standard InChI is InChI=1S/C11H11NO2S2/c13-8(9-3-1-5-15-9)7-12-11(14)10-4-2-6-16-10/h1-6,8,13H,7H2,(H,12,14)/t8-/m0/s1. The molecule has 0 radical (unpaired) electrons. The van der Waals surface area contributed by atoms with Crippen LogP contribution in [0.15, 0.2) is 35.0 Å². The van der Waals surface area contributed by atoms with Crippen LogP contribution in [0.5, 0.6) is 0 Å². The average Bonchev–Trinajstić information content (AvgIpc) is 2.95. The van der Waals surface area contributed by atoms with Gasteiger partial charge >= 0.3 is 0 Å². The largest absolute Gasteiger partial charge is 0.386 e. The van der Waals surface area contributed by atoms with Gasteiger partial charge in [0.2, 0.25) is 0 Å². The van der Waals surface area contributed by atoms with Crippen molar-refractivity contribution in [1.29, 1.82) is 0 Å². The van der Waals surface area contributed by atoms with E-state index in [4.69, 9.17) is 0 Å². The molecule has 1 atom stereocenters. The highest BCUT2D eigenvalue weighted by Gasteiger charge is 2.11. The van der Waals surface area contributed by atoms with Crippen LogP contribution < -0.4 is 5.32 Å². The Kier molecular flexibility index (Phi) is 3.71. The van der Waals surface area contributed by atoms with Gasteiger partial charge in [-0.25, -0.2) is 0 Å². The number of carbonyl (C=O) groups excluding carboxylic acids is 1. The Morgan fingerprint density at radius 2 is 2.06 bits per heavy atom. The fourth-order valence-electron chi connectivity index (χ4n) is 1.27. The Balaban J connectivity index is 1.86. The first-order valence-electron chi connectivity index (χ1n) is 4.80. The maximum Gasteiger partial charge on any atom is 0.261 e. The van der Waals surface area contributed by atoms with Crippen molar-refractivity contribution >= 4 is 28.6 Å². The second-order valence-electron chi connectivity index (χ2n) is 3.22. The molecule has 0 unspecified atom stereocenters. The number of amides is 1. The molecule has 16 heavy (non-hydrogen) atoms. The number of nitrogens with one attached hydrogen (secondary N) is 1. The van der Waals surface area contributed by atoms with Crippen molar-refractivity contribution in [2.45, 2.75) is 6.10 Å². The Labute approximate surface area is 101 Å². The van der Waals surface area contributed by atoms with Gasteiger partial charge in [-0.15, -0.1) is 22.7 Å². The molecule has 0 bridgehead atoms. The summed E-state index contributed by atoms with van der Waals surface area (Å²) in [4.78, 5) is 13.1. The monoisotopic (exact) mass is 253 g/mol. The van der Waals surface area contributed by atoms with Crippen molar-refractivity contribution in [1.82, 2.24) is 5.32 Å². The predicted molar refractivity (Wildman–Crippen MR) is 65.9 cm³/mol. The van der Waals surface area contributed by atoms with Crippen molar-refractivity contribution in [3.05, 3.63) is 44.8 Å². The number of carbonyl (C=O) groups is 1. The normalized spacial score (nSPS) is 12.3. The van der Waals surface area contributed by atoms with Crippen molar-refractivity contribution in [2.75, 3.05) is 6.54 Å². The van der Waals surface area contributed by atoms with Crippen molar-refractivity contribution in [2.24, 2.45) is 0 Å². The minimum absolute atomic E-state index is 0.134. The quantitative estimate of drug-likeness (QED) is 0.878. The smallest absolute Gasteiger partial charge is 0.261 e.